The summed E-state index contributed by atoms with van der Waals surface area (Å²) in [5, 5.41) is 10.4. The van der Waals surface area contributed by atoms with Crippen LogP contribution in [-0.4, -0.2) is 11.7 Å². The van der Waals surface area contributed by atoms with Gasteiger partial charge in [0.2, 0.25) is 0 Å². The van der Waals surface area contributed by atoms with Crippen LogP contribution in [0.15, 0.2) is 24.3 Å². The van der Waals surface area contributed by atoms with Crippen LogP contribution >= 0.6 is 0 Å². The quantitative estimate of drug-likeness (QED) is 0.874. The van der Waals surface area contributed by atoms with Gasteiger partial charge in [0, 0.05) is 0 Å². The van der Waals surface area contributed by atoms with E-state index in [0.29, 0.717) is 12.5 Å². The van der Waals surface area contributed by atoms with Crippen LogP contribution < -0.4 is 4.74 Å². The van der Waals surface area contributed by atoms with Crippen LogP contribution in [-0.2, 0) is 0 Å². The number of hydrogen-bond donors (Lipinski definition) is 1. The second-order valence-corrected chi connectivity index (χ2v) is 5.48. The summed E-state index contributed by atoms with van der Waals surface area (Å²) in [6.45, 7) is 4.95. The number of rotatable bonds is 4. The molecule has 0 spiro atoms. The molecule has 1 fully saturated rings. The van der Waals surface area contributed by atoms with E-state index >= 15 is 0 Å². The Morgan fingerprint density at radius 3 is 2.61 bits per heavy atom. The first kappa shape index (κ1) is 13.4. The minimum atomic E-state index is -0.316. The molecule has 0 saturated heterocycles. The predicted molar refractivity (Wildman–Crippen MR) is 73.7 cm³/mol. The van der Waals surface area contributed by atoms with Crippen molar-refractivity contribution in [3.8, 4) is 5.75 Å². The molecule has 2 rings (SSSR count). The fraction of sp³-hybridized carbons (Fsp3) is 0.625. The SMILES string of the molecule is CCOc1ccc(C(O)C2CCCC(C)C2)cc1. The largest absolute Gasteiger partial charge is 0.494 e. The molecule has 0 bridgehead atoms. The van der Waals surface area contributed by atoms with E-state index in [1.54, 1.807) is 0 Å². The average Bonchev–Trinajstić information content (AvgIpc) is 2.39. The van der Waals surface area contributed by atoms with E-state index in [-0.39, 0.29) is 6.10 Å². The first-order valence-electron chi connectivity index (χ1n) is 7.11. The normalized spacial score (nSPS) is 25.7. The first-order valence-corrected chi connectivity index (χ1v) is 7.11. The molecule has 2 heteroatoms. The Balaban J connectivity index is 2.01. The van der Waals surface area contributed by atoms with Gasteiger partial charge in [-0.1, -0.05) is 31.9 Å². The van der Waals surface area contributed by atoms with Crippen LogP contribution in [0.5, 0.6) is 5.75 Å². The first-order chi connectivity index (χ1) is 8.70. The van der Waals surface area contributed by atoms with E-state index in [4.69, 9.17) is 4.74 Å². The van der Waals surface area contributed by atoms with Crippen LogP contribution in [0.2, 0.25) is 0 Å². The lowest BCUT2D eigenvalue weighted by Crippen LogP contribution is -2.20. The van der Waals surface area contributed by atoms with Gasteiger partial charge in [-0.3, -0.25) is 0 Å². The van der Waals surface area contributed by atoms with Crippen molar-refractivity contribution >= 4 is 0 Å². The van der Waals surface area contributed by atoms with Crippen LogP contribution in [0.1, 0.15) is 51.2 Å². The van der Waals surface area contributed by atoms with Gasteiger partial charge in [0.1, 0.15) is 5.75 Å². The maximum Gasteiger partial charge on any atom is 0.119 e. The summed E-state index contributed by atoms with van der Waals surface area (Å²) in [5.74, 6) is 2.05. The Labute approximate surface area is 110 Å². The van der Waals surface area contributed by atoms with E-state index in [9.17, 15) is 5.11 Å². The highest BCUT2D eigenvalue weighted by Gasteiger charge is 2.26. The Morgan fingerprint density at radius 2 is 2.00 bits per heavy atom. The van der Waals surface area contributed by atoms with Gasteiger partial charge in [0.15, 0.2) is 0 Å². The molecular weight excluding hydrogens is 224 g/mol. The lowest BCUT2D eigenvalue weighted by Gasteiger charge is -2.30. The molecule has 0 amide bonds. The smallest absolute Gasteiger partial charge is 0.119 e. The van der Waals surface area contributed by atoms with Crippen molar-refractivity contribution in [2.24, 2.45) is 11.8 Å². The van der Waals surface area contributed by atoms with Crippen molar-refractivity contribution in [3.63, 3.8) is 0 Å². The Morgan fingerprint density at radius 1 is 1.28 bits per heavy atom. The average molecular weight is 248 g/mol. The predicted octanol–water partition coefficient (Wildman–Crippen LogP) is 3.95. The summed E-state index contributed by atoms with van der Waals surface area (Å²) < 4.78 is 5.42. The van der Waals surface area contributed by atoms with Gasteiger partial charge in [-0.2, -0.15) is 0 Å². The monoisotopic (exact) mass is 248 g/mol. The molecule has 18 heavy (non-hydrogen) atoms. The molecule has 1 aromatic rings. The molecule has 1 saturated carbocycles. The standard InChI is InChI=1S/C16H24O2/c1-3-18-15-9-7-13(8-10-15)16(17)14-6-4-5-12(2)11-14/h7-10,12,14,16-17H,3-6,11H2,1-2H3. The Bertz CT molecular complexity index is 358. The van der Waals surface area contributed by atoms with Crippen molar-refractivity contribution in [1.82, 2.24) is 0 Å². The van der Waals surface area contributed by atoms with Gasteiger partial charge in [-0.05, 0) is 49.3 Å². The van der Waals surface area contributed by atoms with Gasteiger partial charge in [-0.25, -0.2) is 0 Å². The summed E-state index contributed by atoms with van der Waals surface area (Å²) in [4.78, 5) is 0. The van der Waals surface area contributed by atoms with Crippen molar-refractivity contribution in [3.05, 3.63) is 29.8 Å². The summed E-state index contributed by atoms with van der Waals surface area (Å²) >= 11 is 0. The zero-order valence-electron chi connectivity index (χ0n) is 11.4. The minimum Gasteiger partial charge on any atom is -0.494 e. The third kappa shape index (κ3) is 3.26. The lowest BCUT2D eigenvalue weighted by atomic mass is 9.78. The second kappa shape index (κ2) is 6.24. The molecule has 1 aromatic carbocycles. The van der Waals surface area contributed by atoms with E-state index in [1.807, 2.05) is 31.2 Å². The van der Waals surface area contributed by atoms with Crippen molar-refractivity contribution in [2.45, 2.75) is 45.6 Å². The van der Waals surface area contributed by atoms with Gasteiger partial charge < -0.3 is 9.84 Å². The highest BCUT2D eigenvalue weighted by molar-refractivity contribution is 5.28. The second-order valence-electron chi connectivity index (χ2n) is 5.48. The van der Waals surface area contributed by atoms with E-state index < -0.39 is 0 Å². The van der Waals surface area contributed by atoms with Gasteiger partial charge in [-0.15, -0.1) is 0 Å². The van der Waals surface area contributed by atoms with Crippen LogP contribution in [0.4, 0.5) is 0 Å². The van der Waals surface area contributed by atoms with E-state index in [1.165, 1.54) is 12.8 Å². The molecule has 3 unspecified atom stereocenters. The topological polar surface area (TPSA) is 29.5 Å². The van der Waals surface area contributed by atoms with Gasteiger partial charge in [0.25, 0.3) is 0 Å². The molecule has 0 heterocycles. The van der Waals surface area contributed by atoms with Crippen molar-refractivity contribution in [1.29, 1.82) is 0 Å². The number of hydrogen-bond acceptors (Lipinski definition) is 2. The fourth-order valence-electron chi connectivity index (χ4n) is 2.97. The third-order valence-corrected chi connectivity index (χ3v) is 3.96. The van der Waals surface area contributed by atoms with Gasteiger partial charge in [0.05, 0.1) is 12.7 Å². The zero-order chi connectivity index (χ0) is 13.0. The fourth-order valence-corrected chi connectivity index (χ4v) is 2.97. The van der Waals surface area contributed by atoms with Crippen molar-refractivity contribution in [2.75, 3.05) is 6.61 Å². The summed E-state index contributed by atoms with van der Waals surface area (Å²) in [6.07, 6.45) is 4.54. The highest BCUT2D eigenvalue weighted by Crippen LogP contribution is 2.37. The molecule has 0 radical (unpaired) electrons. The molecule has 1 aliphatic carbocycles. The van der Waals surface area contributed by atoms with Gasteiger partial charge >= 0.3 is 0 Å². The van der Waals surface area contributed by atoms with Crippen LogP contribution in [0, 0.1) is 11.8 Å². The molecular formula is C16H24O2. The molecule has 0 aromatic heterocycles. The van der Waals surface area contributed by atoms with E-state index in [0.717, 1.165) is 30.1 Å². The number of aliphatic hydroxyl groups is 1. The minimum absolute atomic E-state index is 0.316. The Hall–Kier alpha value is -1.02. The summed E-state index contributed by atoms with van der Waals surface area (Å²) in [7, 11) is 0. The molecule has 0 aliphatic heterocycles. The van der Waals surface area contributed by atoms with Crippen LogP contribution in [0.25, 0.3) is 0 Å². The Kier molecular flexibility index (Phi) is 4.65. The maximum atomic E-state index is 10.4. The number of ether oxygens (including phenoxy) is 1. The third-order valence-electron chi connectivity index (χ3n) is 3.96. The van der Waals surface area contributed by atoms with E-state index in [2.05, 4.69) is 6.92 Å². The molecule has 1 aliphatic rings. The molecule has 3 atom stereocenters. The van der Waals surface area contributed by atoms with Crippen molar-refractivity contribution < 1.29 is 9.84 Å². The number of aliphatic hydroxyl groups excluding tert-OH is 1. The van der Waals surface area contributed by atoms with Crippen LogP contribution in [0.3, 0.4) is 0 Å². The molecule has 100 valence electrons. The lowest BCUT2D eigenvalue weighted by molar-refractivity contribution is 0.0713. The number of benzene rings is 1. The summed E-state index contributed by atoms with van der Waals surface area (Å²) in [5.41, 5.74) is 1.03. The maximum absolute atomic E-state index is 10.4. The zero-order valence-corrected chi connectivity index (χ0v) is 11.4. The highest BCUT2D eigenvalue weighted by atomic mass is 16.5. The summed E-state index contributed by atoms with van der Waals surface area (Å²) in [6, 6.07) is 7.90. The molecule has 2 nitrogen and oxygen atoms in total. The molecule has 1 N–H and O–H groups in total.